The lowest BCUT2D eigenvalue weighted by atomic mass is 10.3. The number of nitrogens with one attached hydrogen (secondary N) is 1. The van der Waals surface area contributed by atoms with Crippen molar-refractivity contribution in [2.24, 2.45) is 0 Å². The van der Waals surface area contributed by atoms with Crippen LogP contribution >= 0.6 is 12.4 Å². The number of para-hydroxylation sites is 2. The average molecular weight is 352 g/mol. The highest BCUT2D eigenvalue weighted by Gasteiger charge is 2.09. The van der Waals surface area contributed by atoms with E-state index in [2.05, 4.69) is 0 Å². The van der Waals surface area contributed by atoms with Crippen molar-refractivity contribution in [1.29, 1.82) is 5.41 Å². The summed E-state index contributed by atoms with van der Waals surface area (Å²) in [5.74, 6) is 0.296. The second kappa shape index (κ2) is 7.99. The van der Waals surface area contributed by atoms with Gasteiger partial charge in [0.2, 0.25) is 5.62 Å². The molecule has 0 radical (unpaired) electrons. The molecule has 3 rings (SSSR count). The molecule has 0 amide bonds. The van der Waals surface area contributed by atoms with E-state index in [1.807, 2.05) is 28.8 Å². The Labute approximate surface area is 144 Å². The molecule has 0 saturated heterocycles. The summed E-state index contributed by atoms with van der Waals surface area (Å²) in [5.41, 5.74) is 2.16. The molecule has 0 unspecified atom stereocenters. The van der Waals surface area contributed by atoms with E-state index in [0.29, 0.717) is 31.1 Å². The summed E-state index contributed by atoms with van der Waals surface area (Å²) in [5, 5.41) is 17.5. The predicted molar refractivity (Wildman–Crippen MR) is 92.0 cm³/mol. The number of aliphatic hydroxyl groups excluding tert-OH is 1. The van der Waals surface area contributed by atoms with E-state index in [9.17, 15) is 9.50 Å². The van der Waals surface area contributed by atoms with Crippen LogP contribution in [0.4, 0.5) is 4.39 Å². The van der Waals surface area contributed by atoms with E-state index >= 15 is 0 Å². The van der Waals surface area contributed by atoms with Crippen LogP contribution in [0.2, 0.25) is 0 Å². The summed E-state index contributed by atoms with van der Waals surface area (Å²) in [4.78, 5) is 0. The van der Waals surface area contributed by atoms with Gasteiger partial charge in [0.1, 0.15) is 18.2 Å². The molecule has 0 aliphatic carbocycles. The number of aromatic nitrogens is 2. The van der Waals surface area contributed by atoms with Gasteiger partial charge < -0.3 is 19.0 Å². The molecule has 0 bridgehead atoms. The van der Waals surface area contributed by atoms with Crippen LogP contribution in [0.25, 0.3) is 11.0 Å². The van der Waals surface area contributed by atoms with Crippen LogP contribution in [0.3, 0.4) is 0 Å². The van der Waals surface area contributed by atoms with Gasteiger partial charge in [0, 0.05) is 6.54 Å². The van der Waals surface area contributed by atoms with Crippen molar-refractivity contribution >= 4 is 23.4 Å². The first-order valence-corrected chi connectivity index (χ1v) is 7.42. The van der Waals surface area contributed by atoms with Crippen molar-refractivity contribution in [2.75, 3.05) is 13.2 Å². The molecule has 0 fully saturated rings. The van der Waals surface area contributed by atoms with Gasteiger partial charge in [-0.2, -0.15) is 0 Å². The normalized spacial score (nSPS) is 10.6. The summed E-state index contributed by atoms with van der Waals surface area (Å²) in [6.45, 7) is 1.23. The van der Waals surface area contributed by atoms with Crippen molar-refractivity contribution in [3.63, 3.8) is 0 Å². The van der Waals surface area contributed by atoms with Crippen LogP contribution in [0.1, 0.15) is 0 Å². The Balaban J connectivity index is 0.00000208. The molecule has 0 aliphatic rings. The number of benzene rings is 2. The highest BCUT2D eigenvalue weighted by molar-refractivity contribution is 5.85. The first-order chi connectivity index (χ1) is 11.2. The van der Waals surface area contributed by atoms with Gasteiger partial charge in [-0.05, 0) is 36.4 Å². The van der Waals surface area contributed by atoms with Gasteiger partial charge in [-0.25, -0.2) is 4.39 Å². The molecule has 0 aliphatic heterocycles. The topological polar surface area (TPSA) is 63.2 Å². The van der Waals surface area contributed by atoms with Crippen molar-refractivity contribution in [2.45, 2.75) is 13.1 Å². The third-order valence-electron chi connectivity index (χ3n) is 3.70. The van der Waals surface area contributed by atoms with Gasteiger partial charge in [0.25, 0.3) is 0 Å². The van der Waals surface area contributed by atoms with Crippen LogP contribution in [-0.2, 0) is 13.1 Å². The van der Waals surface area contributed by atoms with Gasteiger partial charge in [-0.3, -0.25) is 5.41 Å². The highest BCUT2D eigenvalue weighted by Crippen LogP contribution is 2.14. The van der Waals surface area contributed by atoms with Crippen LogP contribution in [0.5, 0.6) is 5.75 Å². The number of imidazole rings is 1. The van der Waals surface area contributed by atoms with Crippen molar-refractivity contribution in [3.8, 4) is 5.75 Å². The number of hydrogen-bond acceptors (Lipinski definition) is 3. The Morgan fingerprint density at radius 1 is 0.958 bits per heavy atom. The fourth-order valence-corrected chi connectivity index (χ4v) is 2.63. The van der Waals surface area contributed by atoms with Crippen LogP contribution in [-0.4, -0.2) is 27.5 Å². The maximum absolute atomic E-state index is 12.9. The summed E-state index contributed by atoms with van der Waals surface area (Å²) in [6.07, 6.45) is 0. The molecule has 7 heteroatoms. The molecule has 2 aromatic carbocycles. The quantitative estimate of drug-likeness (QED) is 0.717. The van der Waals surface area contributed by atoms with Crippen molar-refractivity contribution < 1.29 is 14.2 Å². The number of aliphatic hydroxyl groups is 1. The summed E-state index contributed by atoms with van der Waals surface area (Å²) in [6, 6.07) is 13.6. The molecule has 0 spiro atoms. The Kier molecular flexibility index (Phi) is 6.00. The van der Waals surface area contributed by atoms with Crippen LogP contribution < -0.4 is 10.4 Å². The highest BCUT2D eigenvalue weighted by atomic mass is 35.5. The Hall–Kier alpha value is -2.31. The molecule has 1 heterocycles. The molecular formula is C17H19ClFN3O2. The number of nitrogens with zero attached hydrogens (tertiary/aromatic N) is 2. The van der Waals surface area contributed by atoms with Crippen molar-refractivity contribution in [3.05, 3.63) is 60.0 Å². The largest absolute Gasteiger partial charge is 0.492 e. The molecule has 5 nitrogen and oxygen atoms in total. The number of ether oxygens (including phenoxy) is 1. The Morgan fingerprint density at radius 3 is 2.12 bits per heavy atom. The SMILES string of the molecule is Cl.N=c1n(CCO)c2ccccc2n1CCOc1ccc(F)cc1. The number of fused-ring (bicyclic) bond motifs is 1. The zero-order valence-electron chi connectivity index (χ0n) is 13.0. The number of hydrogen-bond donors (Lipinski definition) is 2. The second-order valence-corrected chi connectivity index (χ2v) is 5.14. The maximum Gasteiger partial charge on any atom is 0.203 e. The zero-order valence-corrected chi connectivity index (χ0v) is 13.8. The second-order valence-electron chi connectivity index (χ2n) is 5.14. The summed E-state index contributed by atoms with van der Waals surface area (Å²) in [7, 11) is 0. The van der Waals surface area contributed by atoms with Gasteiger partial charge in [0.05, 0.1) is 24.2 Å². The average Bonchev–Trinajstić information content (AvgIpc) is 2.83. The van der Waals surface area contributed by atoms with E-state index in [0.717, 1.165) is 11.0 Å². The molecule has 0 atom stereocenters. The monoisotopic (exact) mass is 351 g/mol. The molecule has 3 aromatic rings. The van der Waals surface area contributed by atoms with Gasteiger partial charge in [-0.15, -0.1) is 12.4 Å². The van der Waals surface area contributed by atoms with Gasteiger partial charge in [-0.1, -0.05) is 12.1 Å². The summed E-state index contributed by atoms with van der Waals surface area (Å²) >= 11 is 0. The van der Waals surface area contributed by atoms with Crippen molar-refractivity contribution in [1.82, 2.24) is 9.13 Å². The molecule has 0 saturated carbocycles. The summed E-state index contributed by atoms with van der Waals surface area (Å²) < 4.78 is 22.1. The number of halogens is 2. The fraction of sp³-hybridized carbons (Fsp3) is 0.235. The lowest BCUT2D eigenvalue weighted by molar-refractivity contribution is 0.272. The van der Waals surface area contributed by atoms with E-state index in [1.165, 1.54) is 12.1 Å². The van der Waals surface area contributed by atoms with E-state index in [-0.39, 0.29) is 24.8 Å². The molecule has 128 valence electrons. The predicted octanol–water partition coefficient (Wildman–Crippen LogP) is 2.55. The van der Waals surface area contributed by atoms with Gasteiger partial charge in [0.15, 0.2) is 0 Å². The minimum absolute atomic E-state index is 0. The molecule has 24 heavy (non-hydrogen) atoms. The third kappa shape index (κ3) is 3.60. The maximum atomic E-state index is 12.9. The van der Waals surface area contributed by atoms with Crippen LogP contribution in [0.15, 0.2) is 48.5 Å². The Morgan fingerprint density at radius 2 is 1.54 bits per heavy atom. The van der Waals surface area contributed by atoms with E-state index < -0.39 is 0 Å². The fourth-order valence-electron chi connectivity index (χ4n) is 2.63. The lowest BCUT2D eigenvalue weighted by Crippen LogP contribution is -2.27. The molecule has 1 aromatic heterocycles. The first-order valence-electron chi connectivity index (χ1n) is 7.42. The smallest absolute Gasteiger partial charge is 0.203 e. The Bertz CT molecular complexity index is 858. The van der Waals surface area contributed by atoms with Gasteiger partial charge >= 0.3 is 0 Å². The van der Waals surface area contributed by atoms with E-state index in [4.69, 9.17) is 10.1 Å². The lowest BCUT2D eigenvalue weighted by Gasteiger charge is -2.07. The molecule has 2 N–H and O–H groups in total. The minimum Gasteiger partial charge on any atom is -0.492 e. The molecular weight excluding hydrogens is 333 g/mol. The first kappa shape index (κ1) is 18.0. The third-order valence-corrected chi connectivity index (χ3v) is 3.70. The zero-order chi connectivity index (χ0) is 16.2. The van der Waals surface area contributed by atoms with Crippen LogP contribution in [0, 0.1) is 11.2 Å². The minimum atomic E-state index is -0.299. The standard InChI is InChI=1S/C17H18FN3O2.ClH/c18-13-5-7-14(8-6-13)23-12-10-21-16-4-2-1-3-15(16)20(9-11-22)17(21)19;/h1-8,19,22H,9-12H2;1H. The van der Waals surface area contributed by atoms with E-state index in [1.54, 1.807) is 16.7 Å². The number of rotatable bonds is 6.